The van der Waals surface area contributed by atoms with Crippen LogP contribution in [0.4, 0.5) is 0 Å². The van der Waals surface area contributed by atoms with Crippen molar-refractivity contribution in [2.45, 2.75) is 78.8 Å². The van der Waals surface area contributed by atoms with Crippen LogP contribution in [0.3, 0.4) is 0 Å². The average molecular weight is 295 g/mol. The van der Waals surface area contributed by atoms with Crippen molar-refractivity contribution in [1.29, 1.82) is 0 Å². The molecule has 1 aliphatic carbocycles. The lowest BCUT2D eigenvalue weighted by Crippen LogP contribution is -2.58. The Morgan fingerprint density at radius 1 is 1.05 bits per heavy atom. The molecule has 1 saturated heterocycles. The van der Waals surface area contributed by atoms with E-state index >= 15 is 0 Å². The molecule has 124 valence electrons. The van der Waals surface area contributed by atoms with Crippen LogP contribution in [-0.4, -0.2) is 48.6 Å². The highest BCUT2D eigenvalue weighted by molar-refractivity contribution is 4.93. The van der Waals surface area contributed by atoms with Crippen LogP contribution in [0.15, 0.2) is 0 Å². The monoisotopic (exact) mass is 294 g/mol. The molecule has 0 aromatic rings. The fourth-order valence-electron chi connectivity index (χ4n) is 4.30. The molecule has 0 unspecified atom stereocenters. The quantitative estimate of drug-likeness (QED) is 0.722. The van der Waals surface area contributed by atoms with Gasteiger partial charge in [-0.05, 0) is 76.8 Å². The topological polar surface area (TPSA) is 6.48 Å². The van der Waals surface area contributed by atoms with Crippen molar-refractivity contribution in [1.82, 2.24) is 9.80 Å². The van der Waals surface area contributed by atoms with Gasteiger partial charge in [0.05, 0.1) is 0 Å². The summed E-state index contributed by atoms with van der Waals surface area (Å²) in [6, 6.07) is 1.58. The molecule has 2 fully saturated rings. The lowest BCUT2D eigenvalue weighted by Gasteiger charge is -2.51. The van der Waals surface area contributed by atoms with Crippen LogP contribution in [0.1, 0.15) is 66.7 Å². The Hall–Kier alpha value is -0.0800. The fraction of sp³-hybridized carbons (Fsp3) is 1.00. The maximum absolute atomic E-state index is 2.67. The third-order valence-electron chi connectivity index (χ3n) is 6.28. The molecule has 2 nitrogen and oxygen atoms in total. The molecular weight excluding hydrogens is 256 g/mol. The van der Waals surface area contributed by atoms with Gasteiger partial charge in [0.15, 0.2) is 0 Å². The second-order valence-electron chi connectivity index (χ2n) is 8.85. The Labute approximate surface area is 133 Å². The highest BCUT2D eigenvalue weighted by atomic mass is 15.2. The molecule has 0 spiro atoms. The van der Waals surface area contributed by atoms with E-state index in [1.807, 2.05) is 0 Å². The molecule has 2 heteroatoms. The zero-order valence-corrected chi connectivity index (χ0v) is 15.4. The Kier molecular flexibility index (Phi) is 5.76. The van der Waals surface area contributed by atoms with Crippen LogP contribution in [0.25, 0.3) is 0 Å². The van der Waals surface area contributed by atoms with Crippen LogP contribution in [-0.2, 0) is 0 Å². The van der Waals surface area contributed by atoms with E-state index < -0.39 is 0 Å². The summed E-state index contributed by atoms with van der Waals surface area (Å²) >= 11 is 0. The molecule has 0 aromatic heterocycles. The van der Waals surface area contributed by atoms with Crippen LogP contribution in [0.5, 0.6) is 0 Å². The van der Waals surface area contributed by atoms with Crippen LogP contribution >= 0.6 is 0 Å². The number of hydrogen-bond donors (Lipinski definition) is 0. The van der Waals surface area contributed by atoms with Crippen molar-refractivity contribution in [3.05, 3.63) is 0 Å². The molecule has 1 aliphatic heterocycles. The summed E-state index contributed by atoms with van der Waals surface area (Å²) in [7, 11) is 2.36. The molecule has 0 radical (unpaired) electrons. The molecule has 0 amide bonds. The fourth-order valence-corrected chi connectivity index (χ4v) is 4.30. The van der Waals surface area contributed by atoms with Gasteiger partial charge < -0.3 is 4.90 Å². The van der Waals surface area contributed by atoms with E-state index in [9.17, 15) is 0 Å². The molecule has 2 rings (SSSR count). The van der Waals surface area contributed by atoms with Gasteiger partial charge >= 0.3 is 0 Å². The van der Waals surface area contributed by atoms with Gasteiger partial charge in [-0.1, -0.05) is 20.8 Å². The maximum Gasteiger partial charge on any atom is 0.00924 e. The van der Waals surface area contributed by atoms with Crippen molar-refractivity contribution in [3.8, 4) is 0 Å². The third kappa shape index (κ3) is 4.45. The van der Waals surface area contributed by atoms with Gasteiger partial charge in [0.1, 0.15) is 0 Å². The van der Waals surface area contributed by atoms with Gasteiger partial charge in [-0.3, -0.25) is 4.90 Å². The first-order valence-electron chi connectivity index (χ1n) is 9.25. The minimum atomic E-state index is 0.577. The Morgan fingerprint density at radius 3 is 2.10 bits per heavy atom. The Balaban J connectivity index is 1.68. The van der Waals surface area contributed by atoms with E-state index in [1.54, 1.807) is 0 Å². The van der Waals surface area contributed by atoms with E-state index in [0.29, 0.717) is 5.41 Å². The van der Waals surface area contributed by atoms with Crippen molar-refractivity contribution < 1.29 is 0 Å². The zero-order valence-electron chi connectivity index (χ0n) is 15.4. The largest absolute Gasteiger partial charge is 0.303 e. The minimum absolute atomic E-state index is 0.577. The van der Waals surface area contributed by atoms with Gasteiger partial charge in [0.25, 0.3) is 0 Å². The third-order valence-corrected chi connectivity index (χ3v) is 6.28. The summed E-state index contributed by atoms with van der Waals surface area (Å²) in [6.07, 6.45) is 7.12. The summed E-state index contributed by atoms with van der Waals surface area (Å²) in [4.78, 5) is 5.27. The van der Waals surface area contributed by atoms with Crippen LogP contribution < -0.4 is 0 Å². The summed E-state index contributed by atoms with van der Waals surface area (Å²) in [5, 5.41) is 0. The second kappa shape index (κ2) is 7.00. The second-order valence-corrected chi connectivity index (χ2v) is 8.85. The lowest BCUT2D eigenvalue weighted by atomic mass is 9.77. The van der Waals surface area contributed by atoms with Gasteiger partial charge in [-0.25, -0.2) is 0 Å². The van der Waals surface area contributed by atoms with Crippen molar-refractivity contribution in [3.63, 3.8) is 0 Å². The predicted molar refractivity (Wildman–Crippen MR) is 92.6 cm³/mol. The molecule has 0 N–H and O–H groups in total. The normalized spacial score (nSPS) is 30.1. The molecule has 2 aliphatic rings. The highest BCUT2D eigenvalue weighted by Gasteiger charge is 2.39. The molecule has 21 heavy (non-hydrogen) atoms. The molecule has 1 saturated carbocycles. The van der Waals surface area contributed by atoms with E-state index in [-0.39, 0.29) is 0 Å². The van der Waals surface area contributed by atoms with Gasteiger partial charge in [-0.15, -0.1) is 0 Å². The maximum atomic E-state index is 2.67. The first-order valence-corrected chi connectivity index (χ1v) is 9.25. The first kappa shape index (κ1) is 17.3. The zero-order chi connectivity index (χ0) is 15.6. The average Bonchev–Trinajstić information content (AvgIpc) is 2.41. The minimum Gasteiger partial charge on any atom is -0.303 e. The Bertz CT molecular complexity index is 310. The number of nitrogens with zero attached hydrogens (tertiary/aromatic N) is 2. The molecule has 0 bridgehead atoms. The first-order chi connectivity index (χ1) is 9.81. The van der Waals surface area contributed by atoms with E-state index in [4.69, 9.17) is 0 Å². The molecule has 0 atom stereocenters. The Morgan fingerprint density at radius 2 is 1.62 bits per heavy atom. The molecular formula is C19H38N2. The van der Waals surface area contributed by atoms with E-state index in [0.717, 1.165) is 23.9 Å². The predicted octanol–water partition coefficient (Wildman–Crippen LogP) is 4.25. The van der Waals surface area contributed by atoms with E-state index in [2.05, 4.69) is 51.5 Å². The van der Waals surface area contributed by atoms with E-state index in [1.165, 1.54) is 51.7 Å². The van der Waals surface area contributed by atoms with Gasteiger partial charge in [-0.2, -0.15) is 0 Å². The summed E-state index contributed by atoms with van der Waals surface area (Å²) < 4.78 is 0. The van der Waals surface area contributed by atoms with Crippen molar-refractivity contribution in [2.24, 2.45) is 17.3 Å². The number of rotatable bonds is 6. The summed E-state index contributed by atoms with van der Waals surface area (Å²) in [5.74, 6) is 1.87. The molecule has 0 aromatic carbocycles. The lowest BCUT2D eigenvalue weighted by molar-refractivity contribution is -0.0218. The van der Waals surface area contributed by atoms with Crippen LogP contribution in [0, 0.1) is 17.3 Å². The number of hydrogen-bond acceptors (Lipinski definition) is 2. The smallest absolute Gasteiger partial charge is 0.00924 e. The van der Waals surface area contributed by atoms with Crippen molar-refractivity contribution >= 4 is 0 Å². The molecule has 1 heterocycles. The van der Waals surface area contributed by atoms with Gasteiger partial charge in [0, 0.05) is 25.2 Å². The summed E-state index contributed by atoms with van der Waals surface area (Å²) in [5.41, 5.74) is 0.577. The van der Waals surface area contributed by atoms with Crippen LogP contribution in [0.2, 0.25) is 0 Å². The SMILES string of the molecule is CC(C)C1CCC(N(C)CCC2(C)CN(C(C)C)C2)CC1. The van der Waals surface area contributed by atoms with Gasteiger partial charge in [0.2, 0.25) is 0 Å². The highest BCUT2D eigenvalue weighted by Crippen LogP contribution is 2.36. The summed E-state index contributed by atoms with van der Waals surface area (Å²) in [6.45, 7) is 15.8. The standard InChI is InChI=1S/C19H38N2/c1-15(2)17-7-9-18(10-8-17)20(6)12-11-19(5)13-21(14-19)16(3)4/h15-18H,7-14H2,1-6H3. The number of likely N-dealkylation sites (tertiary alicyclic amines) is 1. The van der Waals surface area contributed by atoms with Crippen molar-refractivity contribution in [2.75, 3.05) is 26.7 Å².